The fourth-order valence-corrected chi connectivity index (χ4v) is 0.639. The van der Waals surface area contributed by atoms with E-state index >= 15 is 0 Å². The number of alkyl halides is 2. The van der Waals surface area contributed by atoms with Crippen molar-refractivity contribution in [1.29, 1.82) is 0 Å². The highest BCUT2D eigenvalue weighted by Crippen LogP contribution is 2.28. The topological polar surface area (TPSA) is 37.3 Å². The summed E-state index contributed by atoms with van der Waals surface area (Å²) < 4.78 is 25.0. The summed E-state index contributed by atoms with van der Waals surface area (Å²) in [6.07, 6.45) is -0.391. The van der Waals surface area contributed by atoms with Crippen molar-refractivity contribution < 1.29 is 18.7 Å². The van der Waals surface area contributed by atoms with Crippen molar-refractivity contribution in [2.45, 2.75) is 39.5 Å². The Morgan fingerprint density at radius 3 is 1.92 bits per heavy atom. The van der Waals surface area contributed by atoms with Crippen molar-refractivity contribution in [2.75, 3.05) is 0 Å². The van der Waals surface area contributed by atoms with Crippen LogP contribution in [0.15, 0.2) is 0 Å². The molecule has 0 aromatic heterocycles. The Morgan fingerprint density at radius 2 is 1.67 bits per heavy atom. The lowest BCUT2D eigenvalue weighted by atomic mass is 9.89. The number of hydrogen-bond acceptors (Lipinski definition) is 1. The van der Waals surface area contributed by atoms with Crippen LogP contribution in [0.25, 0.3) is 0 Å². The Morgan fingerprint density at radius 1 is 1.25 bits per heavy atom. The molecule has 12 heavy (non-hydrogen) atoms. The van der Waals surface area contributed by atoms with Crippen molar-refractivity contribution in [3.63, 3.8) is 0 Å². The summed E-state index contributed by atoms with van der Waals surface area (Å²) in [4.78, 5) is 9.99. The van der Waals surface area contributed by atoms with Crippen LogP contribution in [0.3, 0.4) is 0 Å². The van der Waals surface area contributed by atoms with Crippen LogP contribution in [-0.4, -0.2) is 17.0 Å². The van der Waals surface area contributed by atoms with Gasteiger partial charge < -0.3 is 5.11 Å². The molecule has 2 nitrogen and oxygen atoms in total. The molecule has 0 bridgehead atoms. The van der Waals surface area contributed by atoms with E-state index < -0.39 is 18.3 Å². The van der Waals surface area contributed by atoms with Crippen molar-refractivity contribution in [3.8, 4) is 0 Å². The smallest absolute Gasteiger partial charge is 0.374 e. The third-order valence-corrected chi connectivity index (χ3v) is 1.50. The summed E-state index contributed by atoms with van der Waals surface area (Å²) in [7, 11) is 0. The summed E-state index contributed by atoms with van der Waals surface area (Å²) >= 11 is 0. The lowest BCUT2D eigenvalue weighted by Gasteiger charge is -2.20. The Bertz CT molecular complexity index is 170. The van der Waals surface area contributed by atoms with Crippen LogP contribution in [0, 0.1) is 5.41 Å². The van der Waals surface area contributed by atoms with Gasteiger partial charge in [-0.1, -0.05) is 20.8 Å². The summed E-state index contributed by atoms with van der Waals surface area (Å²) in [5, 5.41) is 8.09. The van der Waals surface area contributed by atoms with Crippen LogP contribution in [0.1, 0.15) is 33.6 Å². The van der Waals surface area contributed by atoms with Gasteiger partial charge in [0.25, 0.3) is 0 Å². The maximum Gasteiger partial charge on any atom is 0.374 e. The maximum absolute atomic E-state index is 12.5. The largest absolute Gasteiger partial charge is 0.477 e. The van der Waals surface area contributed by atoms with Gasteiger partial charge in [0.2, 0.25) is 0 Å². The normalized spacial score (nSPS) is 13.1. The molecule has 0 aliphatic rings. The van der Waals surface area contributed by atoms with E-state index in [1.807, 2.05) is 0 Å². The SMILES string of the molecule is CC(C)(C)CCC(F)(F)C(=O)O. The minimum Gasteiger partial charge on any atom is -0.477 e. The Kier molecular flexibility index (Phi) is 3.18. The summed E-state index contributed by atoms with van der Waals surface area (Å²) in [6.45, 7) is 5.39. The highest BCUT2D eigenvalue weighted by Gasteiger charge is 2.39. The molecule has 0 unspecified atom stereocenters. The lowest BCUT2D eigenvalue weighted by Crippen LogP contribution is -2.29. The molecule has 0 rings (SSSR count). The van der Waals surface area contributed by atoms with E-state index in [0.717, 1.165) is 0 Å². The van der Waals surface area contributed by atoms with Gasteiger partial charge in [-0.05, 0) is 11.8 Å². The minimum atomic E-state index is -3.58. The summed E-state index contributed by atoms with van der Waals surface area (Å²) in [6, 6.07) is 0. The third-order valence-electron chi connectivity index (χ3n) is 1.50. The van der Waals surface area contributed by atoms with E-state index in [1.54, 1.807) is 20.8 Å². The summed E-state index contributed by atoms with van der Waals surface area (Å²) in [5.41, 5.74) is -0.251. The quantitative estimate of drug-likeness (QED) is 0.724. The van der Waals surface area contributed by atoms with E-state index in [0.29, 0.717) is 0 Å². The van der Waals surface area contributed by atoms with Gasteiger partial charge in [0.05, 0.1) is 0 Å². The zero-order chi connectivity index (χ0) is 9.99. The maximum atomic E-state index is 12.5. The van der Waals surface area contributed by atoms with Crippen LogP contribution < -0.4 is 0 Å². The number of carbonyl (C=O) groups is 1. The van der Waals surface area contributed by atoms with Gasteiger partial charge in [-0.2, -0.15) is 8.78 Å². The van der Waals surface area contributed by atoms with Gasteiger partial charge in [0, 0.05) is 6.42 Å². The van der Waals surface area contributed by atoms with Crippen LogP contribution in [-0.2, 0) is 4.79 Å². The van der Waals surface area contributed by atoms with Gasteiger partial charge in [-0.3, -0.25) is 0 Å². The number of aliphatic carboxylic acids is 1. The first-order valence-corrected chi connectivity index (χ1v) is 3.76. The third kappa shape index (κ3) is 4.26. The van der Waals surface area contributed by atoms with Gasteiger partial charge in [-0.15, -0.1) is 0 Å². The Hall–Kier alpha value is -0.670. The zero-order valence-electron chi connectivity index (χ0n) is 7.53. The Balaban J connectivity index is 4.01. The van der Waals surface area contributed by atoms with E-state index in [1.165, 1.54) is 0 Å². The molecule has 0 fully saturated rings. The van der Waals surface area contributed by atoms with Crippen molar-refractivity contribution in [1.82, 2.24) is 0 Å². The monoisotopic (exact) mass is 180 g/mol. The second-order valence-corrected chi connectivity index (χ2v) is 4.07. The molecule has 1 N–H and O–H groups in total. The van der Waals surface area contributed by atoms with Gasteiger partial charge in [-0.25, -0.2) is 4.79 Å². The standard InChI is InChI=1S/C8H14F2O2/c1-7(2,3)4-5-8(9,10)6(11)12/h4-5H2,1-3H3,(H,11,12). The molecule has 72 valence electrons. The Labute approximate surface area is 70.6 Å². The molecule has 0 radical (unpaired) electrons. The lowest BCUT2D eigenvalue weighted by molar-refractivity contribution is -0.166. The second-order valence-electron chi connectivity index (χ2n) is 4.07. The fourth-order valence-electron chi connectivity index (χ4n) is 0.639. The number of rotatable bonds is 3. The molecular formula is C8H14F2O2. The average molecular weight is 180 g/mol. The van der Waals surface area contributed by atoms with Crippen LogP contribution in [0.2, 0.25) is 0 Å². The molecule has 4 heteroatoms. The highest BCUT2D eigenvalue weighted by atomic mass is 19.3. The fraction of sp³-hybridized carbons (Fsp3) is 0.875. The molecule has 0 aromatic rings. The molecular weight excluding hydrogens is 166 g/mol. The first kappa shape index (κ1) is 11.3. The number of carboxylic acids is 1. The second kappa shape index (κ2) is 3.37. The van der Waals surface area contributed by atoms with Crippen LogP contribution in [0.5, 0.6) is 0 Å². The predicted octanol–water partition coefficient (Wildman–Crippen LogP) is 2.53. The molecule has 0 amide bonds. The first-order valence-electron chi connectivity index (χ1n) is 3.76. The summed E-state index contributed by atoms with van der Waals surface area (Å²) in [5.74, 6) is -5.61. The molecule has 0 spiro atoms. The van der Waals surface area contributed by atoms with Crippen molar-refractivity contribution in [2.24, 2.45) is 5.41 Å². The highest BCUT2D eigenvalue weighted by molar-refractivity contribution is 5.75. The van der Waals surface area contributed by atoms with Crippen molar-refractivity contribution in [3.05, 3.63) is 0 Å². The minimum absolute atomic E-state index is 0.201. The van der Waals surface area contributed by atoms with Gasteiger partial charge >= 0.3 is 11.9 Å². The molecule has 0 aromatic carbocycles. The molecule has 0 aliphatic carbocycles. The van der Waals surface area contributed by atoms with Gasteiger partial charge in [0.15, 0.2) is 0 Å². The zero-order valence-corrected chi connectivity index (χ0v) is 7.53. The first-order chi connectivity index (χ1) is 5.15. The van der Waals surface area contributed by atoms with E-state index in [9.17, 15) is 13.6 Å². The van der Waals surface area contributed by atoms with E-state index in [2.05, 4.69) is 0 Å². The molecule has 0 heterocycles. The van der Waals surface area contributed by atoms with Crippen LogP contribution in [0.4, 0.5) is 8.78 Å². The van der Waals surface area contributed by atoms with E-state index in [-0.39, 0.29) is 11.8 Å². The van der Waals surface area contributed by atoms with Crippen molar-refractivity contribution >= 4 is 5.97 Å². The van der Waals surface area contributed by atoms with Crippen LogP contribution >= 0.6 is 0 Å². The predicted molar refractivity (Wildman–Crippen MR) is 41.3 cm³/mol. The number of hydrogen-bond donors (Lipinski definition) is 1. The molecule has 0 atom stereocenters. The van der Waals surface area contributed by atoms with E-state index in [4.69, 9.17) is 5.11 Å². The number of carboxylic acid groups (broad SMARTS) is 1. The average Bonchev–Trinajstić information content (AvgIpc) is 1.82. The molecule has 0 saturated carbocycles. The van der Waals surface area contributed by atoms with Gasteiger partial charge in [0.1, 0.15) is 0 Å². The molecule has 0 aliphatic heterocycles. The number of halogens is 2. The molecule has 0 saturated heterocycles.